The molecule has 208 valence electrons. The highest BCUT2D eigenvalue weighted by molar-refractivity contribution is 5.97. The van der Waals surface area contributed by atoms with Crippen molar-refractivity contribution in [2.75, 3.05) is 11.9 Å². The Balaban J connectivity index is 1.83. The van der Waals surface area contributed by atoms with Crippen molar-refractivity contribution >= 4 is 28.9 Å². The highest BCUT2D eigenvalue weighted by atomic mass is 19.4. The Kier molecular flexibility index (Phi) is 7.44. The minimum Gasteiger partial charge on any atom is -0.465 e. The minimum absolute atomic E-state index is 0.00873. The lowest BCUT2D eigenvalue weighted by molar-refractivity contribution is -0.158. The lowest BCUT2D eigenvalue weighted by atomic mass is 10.1. The number of halogens is 6. The van der Waals surface area contributed by atoms with E-state index in [1.807, 2.05) is 0 Å². The van der Waals surface area contributed by atoms with Gasteiger partial charge in [0.15, 0.2) is 17.3 Å². The lowest BCUT2D eigenvalue weighted by Gasteiger charge is -2.22. The molecule has 2 unspecified atom stereocenters. The summed E-state index contributed by atoms with van der Waals surface area (Å²) in [5.41, 5.74) is -3.24. The van der Waals surface area contributed by atoms with E-state index in [2.05, 4.69) is 15.6 Å². The number of anilines is 1. The molecule has 0 saturated heterocycles. The molecule has 9 nitrogen and oxygen atoms in total. The molecular formula is C24H21F6N5O4. The topological polar surface area (TPSA) is 125 Å². The van der Waals surface area contributed by atoms with E-state index in [1.54, 1.807) is 5.32 Å². The predicted molar refractivity (Wildman–Crippen MR) is 126 cm³/mol. The molecule has 15 heteroatoms. The average molecular weight is 557 g/mol. The standard InChI is InChI=1S/C24H21F6N5O4/c1-10(32-23(38)39)8-31-17-5-4-13-19(36)14(22(37)34-20(11-2-3-11)24(28,29)30)9-35(21(13)33-17)18-15(26)6-12(25)7-16(18)27/h4-7,9-11,20,32H,2-3,8H2,1H3,(H,31,33)(H,34,37)(H,38,39). The fourth-order valence-electron chi connectivity index (χ4n) is 4.03. The molecule has 2 heterocycles. The van der Waals surface area contributed by atoms with Crippen molar-refractivity contribution in [3.05, 3.63) is 63.7 Å². The van der Waals surface area contributed by atoms with Gasteiger partial charge in [-0.2, -0.15) is 13.2 Å². The number of amides is 2. The van der Waals surface area contributed by atoms with Crippen LogP contribution < -0.4 is 21.4 Å². The molecule has 0 bridgehead atoms. The zero-order valence-electron chi connectivity index (χ0n) is 20.1. The molecule has 3 aromatic rings. The van der Waals surface area contributed by atoms with Gasteiger partial charge in [0.25, 0.3) is 5.91 Å². The number of carbonyl (C=O) groups is 2. The molecule has 39 heavy (non-hydrogen) atoms. The van der Waals surface area contributed by atoms with Crippen LogP contribution in [0.25, 0.3) is 16.7 Å². The van der Waals surface area contributed by atoms with Gasteiger partial charge in [0.1, 0.15) is 28.9 Å². The Morgan fingerprint density at radius 3 is 2.33 bits per heavy atom. The predicted octanol–water partition coefficient (Wildman–Crippen LogP) is 3.94. The van der Waals surface area contributed by atoms with Crippen LogP contribution in [0.4, 0.5) is 37.0 Å². The Morgan fingerprint density at radius 1 is 1.13 bits per heavy atom. The first kappa shape index (κ1) is 27.7. The van der Waals surface area contributed by atoms with Gasteiger partial charge in [-0.05, 0) is 37.8 Å². The summed E-state index contributed by atoms with van der Waals surface area (Å²) >= 11 is 0. The fraction of sp³-hybridized carbons (Fsp3) is 0.333. The van der Waals surface area contributed by atoms with Crippen molar-refractivity contribution in [3.63, 3.8) is 0 Å². The van der Waals surface area contributed by atoms with Crippen LogP contribution in [0.5, 0.6) is 0 Å². The second-order valence-electron chi connectivity index (χ2n) is 9.09. The van der Waals surface area contributed by atoms with Crippen molar-refractivity contribution in [2.45, 2.75) is 38.0 Å². The number of nitrogens with one attached hydrogen (secondary N) is 3. The number of carboxylic acid groups (broad SMARTS) is 1. The van der Waals surface area contributed by atoms with E-state index in [-0.39, 0.29) is 30.6 Å². The summed E-state index contributed by atoms with van der Waals surface area (Å²) in [7, 11) is 0. The molecule has 0 aliphatic heterocycles. The Labute approximate surface area is 215 Å². The number of alkyl halides is 3. The van der Waals surface area contributed by atoms with Crippen LogP contribution in [0.3, 0.4) is 0 Å². The van der Waals surface area contributed by atoms with Gasteiger partial charge in [-0.25, -0.2) is 22.9 Å². The molecule has 2 atom stereocenters. The van der Waals surface area contributed by atoms with E-state index in [1.165, 1.54) is 13.0 Å². The molecule has 0 spiro atoms. The first-order valence-corrected chi connectivity index (χ1v) is 11.6. The quantitative estimate of drug-likeness (QED) is 0.311. The highest BCUT2D eigenvalue weighted by Gasteiger charge is 2.49. The fourth-order valence-corrected chi connectivity index (χ4v) is 4.03. The zero-order chi connectivity index (χ0) is 28.6. The summed E-state index contributed by atoms with van der Waals surface area (Å²) in [6.45, 7) is 1.54. The smallest absolute Gasteiger partial charge is 0.408 e. The molecule has 4 N–H and O–H groups in total. The van der Waals surface area contributed by atoms with E-state index in [0.29, 0.717) is 22.9 Å². The Bertz CT molecular complexity index is 1480. The number of hydrogen-bond acceptors (Lipinski definition) is 5. The second kappa shape index (κ2) is 10.5. The van der Waals surface area contributed by atoms with Crippen LogP contribution >= 0.6 is 0 Å². The average Bonchev–Trinajstić information content (AvgIpc) is 3.65. The van der Waals surface area contributed by atoms with Gasteiger partial charge in [-0.15, -0.1) is 0 Å². The van der Waals surface area contributed by atoms with Crippen molar-refractivity contribution in [3.8, 4) is 5.69 Å². The highest BCUT2D eigenvalue weighted by Crippen LogP contribution is 2.40. The van der Waals surface area contributed by atoms with Gasteiger partial charge in [-0.3, -0.25) is 14.2 Å². The summed E-state index contributed by atoms with van der Waals surface area (Å²) in [5, 5.41) is 15.2. The molecule has 1 aliphatic rings. The maximum atomic E-state index is 14.8. The van der Waals surface area contributed by atoms with Crippen LogP contribution in [-0.2, 0) is 0 Å². The van der Waals surface area contributed by atoms with E-state index < -0.39 is 76.0 Å². The number of aromatic nitrogens is 2. The number of carbonyl (C=O) groups excluding carboxylic acids is 1. The molecule has 1 fully saturated rings. The number of fused-ring (bicyclic) bond motifs is 1. The van der Waals surface area contributed by atoms with Crippen molar-refractivity contribution in [1.29, 1.82) is 0 Å². The summed E-state index contributed by atoms with van der Waals surface area (Å²) in [5.74, 6) is -6.38. The van der Waals surface area contributed by atoms with E-state index in [0.717, 1.165) is 6.07 Å². The molecule has 1 saturated carbocycles. The normalized spacial score (nSPS) is 15.1. The maximum absolute atomic E-state index is 14.8. The van der Waals surface area contributed by atoms with Gasteiger partial charge >= 0.3 is 12.3 Å². The summed E-state index contributed by atoms with van der Waals surface area (Å²) < 4.78 is 84.2. The minimum atomic E-state index is -4.80. The molecule has 4 rings (SSSR count). The number of pyridine rings is 2. The third-order valence-corrected chi connectivity index (χ3v) is 6.01. The van der Waals surface area contributed by atoms with Gasteiger partial charge in [-0.1, -0.05) is 0 Å². The largest absolute Gasteiger partial charge is 0.465 e. The summed E-state index contributed by atoms with van der Waals surface area (Å²) in [6, 6.07) is 0.250. The first-order chi connectivity index (χ1) is 18.3. The molecule has 1 aromatic carbocycles. The number of rotatable bonds is 8. The molecule has 2 aromatic heterocycles. The number of benzene rings is 1. The third kappa shape index (κ3) is 6.07. The SMILES string of the molecule is CC(CNc1ccc2c(=O)c(C(=O)NC(C3CC3)C(F)(F)F)cn(-c3c(F)cc(F)cc3F)c2n1)NC(=O)O. The van der Waals surface area contributed by atoms with Crippen molar-refractivity contribution in [1.82, 2.24) is 20.2 Å². The number of hydrogen-bond donors (Lipinski definition) is 4. The second-order valence-corrected chi connectivity index (χ2v) is 9.09. The Hall–Kier alpha value is -4.30. The molecular weight excluding hydrogens is 536 g/mol. The van der Waals surface area contributed by atoms with Gasteiger partial charge in [0.2, 0.25) is 5.43 Å². The number of nitrogens with zero attached hydrogens (tertiary/aromatic N) is 2. The molecule has 0 radical (unpaired) electrons. The molecule has 2 amide bonds. The third-order valence-electron chi connectivity index (χ3n) is 6.01. The molecule has 1 aliphatic carbocycles. The van der Waals surface area contributed by atoms with Crippen LogP contribution in [0.1, 0.15) is 30.1 Å². The van der Waals surface area contributed by atoms with Crippen LogP contribution in [-0.4, -0.2) is 51.5 Å². The first-order valence-electron chi connectivity index (χ1n) is 11.6. The van der Waals surface area contributed by atoms with Crippen molar-refractivity contribution in [2.24, 2.45) is 5.92 Å². The van der Waals surface area contributed by atoms with E-state index in [9.17, 15) is 40.7 Å². The monoisotopic (exact) mass is 557 g/mol. The van der Waals surface area contributed by atoms with Crippen LogP contribution in [0.2, 0.25) is 0 Å². The summed E-state index contributed by atoms with van der Waals surface area (Å²) in [6.07, 6.45) is -4.99. The van der Waals surface area contributed by atoms with Gasteiger partial charge < -0.3 is 21.1 Å². The van der Waals surface area contributed by atoms with Crippen LogP contribution in [0, 0.1) is 23.4 Å². The lowest BCUT2D eigenvalue weighted by Crippen LogP contribution is -2.48. The maximum Gasteiger partial charge on any atom is 0.408 e. The van der Waals surface area contributed by atoms with E-state index in [4.69, 9.17) is 5.11 Å². The van der Waals surface area contributed by atoms with E-state index >= 15 is 0 Å². The summed E-state index contributed by atoms with van der Waals surface area (Å²) in [4.78, 5) is 41.0. The van der Waals surface area contributed by atoms with Gasteiger partial charge in [0.05, 0.1) is 5.39 Å². The van der Waals surface area contributed by atoms with Crippen molar-refractivity contribution < 1.29 is 41.0 Å². The van der Waals surface area contributed by atoms with Gasteiger partial charge in [0, 0.05) is 30.9 Å². The van der Waals surface area contributed by atoms with Crippen LogP contribution in [0.15, 0.2) is 35.3 Å². The zero-order valence-corrected chi connectivity index (χ0v) is 20.1. The Morgan fingerprint density at radius 2 is 1.77 bits per heavy atom.